The number of carbonyl (C=O) groups is 2. The summed E-state index contributed by atoms with van der Waals surface area (Å²) in [6, 6.07) is 9.19. The first-order chi connectivity index (χ1) is 16.3. The van der Waals surface area contributed by atoms with Gasteiger partial charge in [0.15, 0.2) is 6.10 Å². The molecule has 180 valence electrons. The Morgan fingerprint density at radius 3 is 2.38 bits per heavy atom. The van der Waals surface area contributed by atoms with Gasteiger partial charge in [0.1, 0.15) is 12.7 Å². The lowest BCUT2D eigenvalue weighted by Gasteiger charge is -2.37. The van der Waals surface area contributed by atoms with E-state index in [2.05, 4.69) is 9.80 Å². The standard InChI is InChI=1S/C26H30N2O6/c1-15-4-3-5-18-23(15)24(34-26(18)32)22(30)13-28-8-6-27(7-9-28)12-21(29)19-11-17-14-33-25(31)20(17)10-16(19)2/h3-5,10-11,21-22,24,29-30H,6-9,12-14H2,1-2H3/t21?,22-,24?/m1/s1. The lowest BCUT2D eigenvalue weighted by Crippen LogP contribution is -2.50. The Hall–Kier alpha value is -2.78. The minimum Gasteiger partial charge on any atom is -0.457 e. The first-order valence-electron chi connectivity index (χ1n) is 11.7. The van der Waals surface area contributed by atoms with Crippen molar-refractivity contribution in [1.82, 2.24) is 9.80 Å². The van der Waals surface area contributed by atoms with Gasteiger partial charge in [-0.1, -0.05) is 12.1 Å². The van der Waals surface area contributed by atoms with Crippen LogP contribution in [0.4, 0.5) is 0 Å². The number of benzene rings is 2. The Labute approximate surface area is 198 Å². The number of piperazine rings is 1. The van der Waals surface area contributed by atoms with Crippen LogP contribution in [0.15, 0.2) is 30.3 Å². The number of cyclic esters (lactones) is 2. The van der Waals surface area contributed by atoms with E-state index in [0.717, 1.165) is 54.0 Å². The van der Waals surface area contributed by atoms with E-state index in [-0.39, 0.29) is 18.5 Å². The first kappa shape index (κ1) is 23.0. The maximum Gasteiger partial charge on any atom is 0.339 e. The Morgan fingerprint density at radius 1 is 0.941 bits per heavy atom. The molecule has 0 amide bonds. The predicted molar refractivity (Wildman–Crippen MR) is 123 cm³/mol. The Kier molecular flexibility index (Phi) is 6.16. The zero-order chi connectivity index (χ0) is 24.0. The summed E-state index contributed by atoms with van der Waals surface area (Å²) in [6.07, 6.45) is -2.10. The van der Waals surface area contributed by atoms with Crippen molar-refractivity contribution in [2.75, 3.05) is 39.3 Å². The van der Waals surface area contributed by atoms with E-state index in [9.17, 15) is 19.8 Å². The van der Waals surface area contributed by atoms with Crippen LogP contribution in [-0.4, -0.2) is 77.3 Å². The predicted octanol–water partition coefficient (Wildman–Crippen LogP) is 1.90. The Bertz CT molecular complexity index is 1120. The quantitative estimate of drug-likeness (QED) is 0.623. The van der Waals surface area contributed by atoms with Crippen LogP contribution in [0, 0.1) is 13.8 Å². The fourth-order valence-electron chi connectivity index (χ4n) is 5.26. The van der Waals surface area contributed by atoms with Gasteiger partial charge in [-0.25, -0.2) is 9.59 Å². The summed E-state index contributed by atoms with van der Waals surface area (Å²) in [4.78, 5) is 28.3. The molecule has 1 saturated heterocycles. The molecular weight excluding hydrogens is 436 g/mol. The molecule has 0 aromatic heterocycles. The average molecular weight is 467 g/mol. The molecule has 2 aromatic carbocycles. The molecule has 8 nitrogen and oxygen atoms in total. The summed E-state index contributed by atoms with van der Waals surface area (Å²) in [6.45, 7) is 8.02. The maximum atomic E-state index is 12.2. The molecule has 8 heteroatoms. The molecule has 1 fully saturated rings. The normalized spacial score (nSPS) is 22.2. The first-order valence-corrected chi connectivity index (χ1v) is 11.7. The van der Waals surface area contributed by atoms with Crippen molar-refractivity contribution < 1.29 is 29.3 Å². The molecule has 3 aliphatic heterocycles. The molecule has 3 aliphatic rings. The number of ether oxygens (including phenoxy) is 2. The van der Waals surface area contributed by atoms with Crippen molar-refractivity contribution in [3.8, 4) is 0 Å². The van der Waals surface area contributed by atoms with E-state index in [0.29, 0.717) is 24.2 Å². The van der Waals surface area contributed by atoms with Crippen LogP contribution in [0.3, 0.4) is 0 Å². The second-order valence-corrected chi connectivity index (χ2v) is 9.49. The summed E-state index contributed by atoms with van der Waals surface area (Å²) in [5, 5.41) is 21.7. The molecule has 0 saturated carbocycles. The zero-order valence-electron chi connectivity index (χ0n) is 19.5. The molecule has 2 unspecified atom stereocenters. The lowest BCUT2D eigenvalue weighted by molar-refractivity contribution is -0.0284. The summed E-state index contributed by atoms with van der Waals surface area (Å²) in [5.41, 5.74) is 5.41. The minimum absolute atomic E-state index is 0.259. The second-order valence-electron chi connectivity index (χ2n) is 9.49. The third-order valence-corrected chi connectivity index (χ3v) is 7.18. The number of esters is 2. The highest BCUT2D eigenvalue weighted by Gasteiger charge is 2.38. The van der Waals surface area contributed by atoms with Gasteiger partial charge in [-0.2, -0.15) is 0 Å². The van der Waals surface area contributed by atoms with E-state index >= 15 is 0 Å². The van der Waals surface area contributed by atoms with Crippen molar-refractivity contribution in [3.05, 3.63) is 69.3 Å². The van der Waals surface area contributed by atoms with Crippen LogP contribution >= 0.6 is 0 Å². The van der Waals surface area contributed by atoms with Crippen LogP contribution < -0.4 is 0 Å². The van der Waals surface area contributed by atoms with Crippen molar-refractivity contribution in [2.24, 2.45) is 0 Å². The molecule has 3 atom stereocenters. The monoisotopic (exact) mass is 466 g/mol. The molecule has 0 bridgehead atoms. The lowest BCUT2D eigenvalue weighted by atomic mass is 9.96. The smallest absolute Gasteiger partial charge is 0.339 e. The highest BCUT2D eigenvalue weighted by molar-refractivity contribution is 5.94. The van der Waals surface area contributed by atoms with Gasteiger partial charge >= 0.3 is 11.9 Å². The number of β-amino-alcohol motifs (C(OH)–C–C–N with tert-alkyl or cyclic N) is 2. The highest BCUT2D eigenvalue weighted by atomic mass is 16.6. The number of fused-ring (bicyclic) bond motifs is 2. The van der Waals surface area contributed by atoms with E-state index < -0.39 is 18.3 Å². The maximum absolute atomic E-state index is 12.2. The third kappa shape index (κ3) is 4.22. The summed E-state index contributed by atoms with van der Waals surface area (Å²) < 4.78 is 10.6. The van der Waals surface area contributed by atoms with Gasteiger partial charge in [-0.15, -0.1) is 0 Å². The molecule has 5 rings (SSSR count). The molecule has 0 aliphatic carbocycles. The van der Waals surface area contributed by atoms with Crippen LogP contribution in [-0.2, 0) is 16.1 Å². The SMILES string of the molecule is Cc1cc2c(cc1C(O)CN1CCN(C[C@@H](O)C3OC(=O)c4cccc(C)c43)CC1)COC2=O. The number of carbonyl (C=O) groups excluding carboxylic acids is 2. The number of hydrogen-bond acceptors (Lipinski definition) is 8. The van der Waals surface area contributed by atoms with Gasteiger partial charge in [0.25, 0.3) is 0 Å². The van der Waals surface area contributed by atoms with Gasteiger partial charge in [0.05, 0.1) is 17.2 Å². The van der Waals surface area contributed by atoms with Crippen LogP contribution in [0.5, 0.6) is 0 Å². The van der Waals surface area contributed by atoms with Crippen LogP contribution in [0.25, 0.3) is 0 Å². The van der Waals surface area contributed by atoms with Gasteiger partial charge < -0.3 is 19.7 Å². The fourth-order valence-corrected chi connectivity index (χ4v) is 5.26. The van der Waals surface area contributed by atoms with Crippen LogP contribution in [0.2, 0.25) is 0 Å². The van der Waals surface area contributed by atoms with Gasteiger partial charge in [-0.05, 0) is 48.7 Å². The number of aryl methyl sites for hydroxylation is 2. The minimum atomic E-state index is -0.803. The van der Waals surface area contributed by atoms with E-state index in [1.54, 1.807) is 12.1 Å². The number of aliphatic hydroxyl groups excluding tert-OH is 2. The summed E-state index contributed by atoms with van der Waals surface area (Å²) >= 11 is 0. The van der Waals surface area contributed by atoms with E-state index in [1.165, 1.54) is 0 Å². The van der Waals surface area contributed by atoms with Crippen molar-refractivity contribution >= 4 is 11.9 Å². The molecule has 34 heavy (non-hydrogen) atoms. The number of rotatable bonds is 6. The summed E-state index contributed by atoms with van der Waals surface area (Å²) in [7, 11) is 0. The van der Waals surface area contributed by atoms with E-state index in [4.69, 9.17) is 9.47 Å². The average Bonchev–Trinajstić information content (AvgIpc) is 3.35. The third-order valence-electron chi connectivity index (χ3n) is 7.18. The molecule has 3 heterocycles. The number of hydrogen-bond donors (Lipinski definition) is 2. The van der Waals surface area contributed by atoms with Crippen molar-refractivity contribution in [3.63, 3.8) is 0 Å². The van der Waals surface area contributed by atoms with Crippen molar-refractivity contribution in [2.45, 2.75) is 38.8 Å². The Morgan fingerprint density at radius 2 is 1.65 bits per heavy atom. The molecule has 0 radical (unpaired) electrons. The number of nitrogens with zero attached hydrogens (tertiary/aromatic N) is 2. The van der Waals surface area contributed by atoms with Crippen LogP contribution in [0.1, 0.15) is 60.7 Å². The zero-order valence-corrected chi connectivity index (χ0v) is 19.5. The van der Waals surface area contributed by atoms with Gasteiger partial charge in [-0.3, -0.25) is 9.80 Å². The highest BCUT2D eigenvalue weighted by Crippen LogP contribution is 2.36. The fraction of sp³-hybridized carbons (Fsp3) is 0.462. The largest absolute Gasteiger partial charge is 0.457 e. The molecular formula is C26H30N2O6. The Balaban J connectivity index is 1.16. The molecule has 2 aromatic rings. The number of aliphatic hydroxyl groups is 2. The van der Waals surface area contributed by atoms with E-state index in [1.807, 2.05) is 32.0 Å². The van der Waals surface area contributed by atoms with Crippen molar-refractivity contribution in [1.29, 1.82) is 0 Å². The topological polar surface area (TPSA) is 99.5 Å². The van der Waals surface area contributed by atoms with Gasteiger partial charge in [0, 0.05) is 50.4 Å². The molecule has 0 spiro atoms. The second kappa shape index (κ2) is 9.11. The molecule has 2 N–H and O–H groups in total. The van der Waals surface area contributed by atoms with Gasteiger partial charge in [0.2, 0.25) is 0 Å². The summed E-state index contributed by atoms with van der Waals surface area (Å²) in [5.74, 6) is -0.678.